The summed E-state index contributed by atoms with van der Waals surface area (Å²) >= 11 is 0. The first kappa shape index (κ1) is 20.0. The Bertz CT molecular complexity index is 524. The third kappa shape index (κ3) is 7.97. The Hall–Kier alpha value is -2.08. The molecule has 1 rings (SSSR count). The summed E-state index contributed by atoms with van der Waals surface area (Å²) in [7, 11) is 3.97. The Balaban J connectivity index is 2.72. The van der Waals surface area contributed by atoms with Crippen molar-refractivity contribution in [2.24, 2.45) is 0 Å². The summed E-state index contributed by atoms with van der Waals surface area (Å²) in [6, 6.07) is 8.36. The van der Waals surface area contributed by atoms with Crippen LogP contribution in [0.15, 0.2) is 30.3 Å². The van der Waals surface area contributed by atoms with Crippen molar-refractivity contribution in [3.05, 3.63) is 35.9 Å². The molecule has 0 unspecified atom stereocenters. The van der Waals surface area contributed by atoms with E-state index in [1.807, 2.05) is 32.3 Å². The van der Waals surface area contributed by atoms with Crippen LogP contribution in [0.1, 0.15) is 38.8 Å². The Kier molecular flexibility index (Phi) is 7.71. The minimum absolute atomic E-state index is 0.245. The molecule has 0 saturated carbocycles. The summed E-state index contributed by atoms with van der Waals surface area (Å²) in [5.41, 5.74) is 0.0986. The van der Waals surface area contributed by atoms with E-state index in [9.17, 15) is 9.59 Å². The van der Waals surface area contributed by atoms with Gasteiger partial charge in [0.2, 0.25) is 5.91 Å². The monoisotopic (exact) mass is 335 g/mol. The predicted octanol–water partition coefficient (Wildman–Crippen LogP) is 2.32. The van der Waals surface area contributed by atoms with Crippen molar-refractivity contribution in [1.29, 1.82) is 0 Å². The van der Waals surface area contributed by atoms with Crippen molar-refractivity contribution in [3.8, 4) is 0 Å². The summed E-state index contributed by atoms with van der Waals surface area (Å²) in [5.74, 6) is -0.245. The Morgan fingerprint density at radius 3 is 2.33 bits per heavy atom. The lowest BCUT2D eigenvalue weighted by Gasteiger charge is -2.23. The van der Waals surface area contributed by atoms with Gasteiger partial charge in [-0.05, 0) is 53.4 Å². The zero-order chi connectivity index (χ0) is 18.2. The van der Waals surface area contributed by atoms with Crippen LogP contribution in [0.4, 0.5) is 4.79 Å². The molecule has 0 aromatic heterocycles. The fourth-order valence-electron chi connectivity index (χ4n) is 2.08. The number of alkyl carbamates (subject to hydrolysis) is 1. The molecule has 0 heterocycles. The van der Waals surface area contributed by atoms with Crippen molar-refractivity contribution in [1.82, 2.24) is 15.5 Å². The largest absolute Gasteiger partial charge is 0.444 e. The first-order chi connectivity index (χ1) is 11.2. The Morgan fingerprint density at radius 2 is 1.79 bits per heavy atom. The van der Waals surface area contributed by atoms with Gasteiger partial charge in [-0.3, -0.25) is 4.79 Å². The number of benzene rings is 1. The highest BCUT2D eigenvalue weighted by Crippen LogP contribution is 2.15. The van der Waals surface area contributed by atoms with Crippen molar-refractivity contribution < 1.29 is 14.3 Å². The Labute approximate surface area is 144 Å². The molecule has 0 radical (unpaired) electrons. The van der Waals surface area contributed by atoms with E-state index in [0.717, 1.165) is 13.0 Å². The van der Waals surface area contributed by atoms with Crippen molar-refractivity contribution in [2.45, 2.75) is 38.8 Å². The van der Waals surface area contributed by atoms with E-state index in [-0.39, 0.29) is 5.91 Å². The van der Waals surface area contributed by atoms with Gasteiger partial charge in [-0.2, -0.15) is 0 Å². The van der Waals surface area contributed by atoms with Gasteiger partial charge in [0.25, 0.3) is 0 Å². The highest BCUT2D eigenvalue weighted by molar-refractivity contribution is 5.86. The maximum absolute atomic E-state index is 12.5. The van der Waals surface area contributed by atoms with Gasteiger partial charge in [0, 0.05) is 6.54 Å². The highest BCUT2D eigenvalue weighted by Gasteiger charge is 2.25. The number of rotatable bonds is 7. The predicted molar refractivity (Wildman–Crippen MR) is 94.7 cm³/mol. The fourth-order valence-corrected chi connectivity index (χ4v) is 2.08. The van der Waals surface area contributed by atoms with Crippen molar-refractivity contribution in [3.63, 3.8) is 0 Å². The first-order valence-electron chi connectivity index (χ1n) is 8.16. The number of hydrogen-bond donors (Lipinski definition) is 2. The summed E-state index contributed by atoms with van der Waals surface area (Å²) in [4.78, 5) is 26.6. The van der Waals surface area contributed by atoms with Crippen LogP contribution in [0.2, 0.25) is 0 Å². The number of carbonyl (C=O) groups is 2. The minimum Gasteiger partial charge on any atom is -0.444 e. The normalized spacial score (nSPS) is 12.6. The van der Waals surface area contributed by atoms with Crippen LogP contribution in [0.5, 0.6) is 0 Å². The molecule has 1 atom stereocenters. The van der Waals surface area contributed by atoms with Gasteiger partial charge < -0.3 is 20.3 Å². The van der Waals surface area contributed by atoms with Crippen LogP contribution in [0.3, 0.4) is 0 Å². The van der Waals surface area contributed by atoms with Gasteiger partial charge in [-0.1, -0.05) is 30.3 Å². The molecule has 0 aliphatic rings. The van der Waals surface area contributed by atoms with E-state index in [0.29, 0.717) is 12.1 Å². The standard InChI is InChI=1S/C18H29N3O3/c1-18(2,3)24-17(23)20-15(14-10-7-6-8-11-14)16(22)19-12-9-13-21(4)5/h6-8,10-11,15H,9,12-13H2,1-5H3,(H,19,22)(H,20,23)/t15-/m0/s1. The molecule has 6 nitrogen and oxygen atoms in total. The third-order valence-electron chi connectivity index (χ3n) is 3.14. The van der Waals surface area contributed by atoms with Crippen LogP contribution in [-0.2, 0) is 9.53 Å². The van der Waals surface area contributed by atoms with Gasteiger partial charge in [-0.15, -0.1) is 0 Å². The van der Waals surface area contributed by atoms with Gasteiger partial charge in [0.05, 0.1) is 0 Å². The molecule has 0 aliphatic heterocycles. The number of carbonyl (C=O) groups excluding carboxylic acids is 2. The average Bonchev–Trinajstić information content (AvgIpc) is 2.48. The van der Waals surface area contributed by atoms with Crippen LogP contribution >= 0.6 is 0 Å². The lowest BCUT2D eigenvalue weighted by Crippen LogP contribution is -2.43. The summed E-state index contributed by atoms with van der Waals surface area (Å²) in [5, 5.41) is 5.52. The second-order valence-electron chi connectivity index (χ2n) is 6.94. The summed E-state index contributed by atoms with van der Waals surface area (Å²) in [6.07, 6.45) is 0.229. The molecule has 6 heteroatoms. The van der Waals surface area contributed by atoms with Crippen LogP contribution in [0.25, 0.3) is 0 Å². The van der Waals surface area contributed by atoms with E-state index in [4.69, 9.17) is 4.74 Å². The Morgan fingerprint density at radius 1 is 1.17 bits per heavy atom. The third-order valence-corrected chi connectivity index (χ3v) is 3.14. The quantitative estimate of drug-likeness (QED) is 0.750. The lowest BCUT2D eigenvalue weighted by atomic mass is 10.1. The van der Waals surface area contributed by atoms with Crippen molar-refractivity contribution >= 4 is 12.0 Å². The molecule has 24 heavy (non-hydrogen) atoms. The molecule has 0 aliphatic carbocycles. The molecule has 0 fully saturated rings. The number of ether oxygens (including phenoxy) is 1. The van der Waals surface area contributed by atoms with Crippen LogP contribution in [0, 0.1) is 0 Å². The molecular formula is C18H29N3O3. The molecule has 0 bridgehead atoms. The second-order valence-corrected chi connectivity index (χ2v) is 6.94. The number of hydrogen-bond acceptors (Lipinski definition) is 4. The van der Waals surface area contributed by atoms with Gasteiger partial charge in [0.15, 0.2) is 0 Å². The highest BCUT2D eigenvalue weighted by atomic mass is 16.6. The molecule has 1 aromatic rings. The second kappa shape index (κ2) is 9.27. The number of nitrogens with zero attached hydrogens (tertiary/aromatic N) is 1. The van der Waals surface area contributed by atoms with E-state index in [1.165, 1.54) is 0 Å². The zero-order valence-electron chi connectivity index (χ0n) is 15.3. The van der Waals surface area contributed by atoms with E-state index < -0.39 is 17.7 Å². The van der Waals surface area contributed by atoms with Gasteiger partial charge in [0.1, 0.15) is 11.6 Å². The zero-order valence-corrected chi connectivity index (χ0v) is 15.3. The van der Waals surface area contributed by atoms with Crippen LogP contribution < -0.4 is 10.6 Å². The number of amides is 2. The maximum atomic E-state index is 12.5. The van der Waals surface area contributed by atoms with Gasteiger partial charge in [-0.25, -0.2) is 4.79 Å². The molecule has 0 spiro atoms. The van der Waals surface area contributed by atoms with Crippen LogP contribution in [-0.4, -0.2) is 49.7 Å². The topological polar surface area (TPSA) is 70.7 Å². The lowest BCUT2D eigenvalue weighted by molar-refractivity contribution is -0.123. The van der Waals surface area contributed by atoms with E-state index >= 15 is 0 Å². The van der Waals surface area contributed by atoms with Gasteiger partial charge >= 0.3 is 6.09 Å². The minimum atomic E-state index is -0.777. The average molecular weight is 335 g/mol. The fraction of sp³-hybridized carbons (Fsp3) is 0.556. The van der Waals surface area contributed by atoms with Crippen molar-refractivity contribution in [2.75, 3.05) is 27.2 Å². The smallest absolute Gasteiger partial charge is 0.408 e. The molecule has 2 amide bonds. The first-order valence-corrected chi connectivity index (χ1v) is 8.16. The molecule has 0 saturated heterocycles. The molecule has 2 N–H and O–H groups in total. The summed E-state index contributed by atoms with van der Waals surface area (Å²) < 4.78 is 5.26. The van der Waals surface area contributed by atoms with E-state index in [2.05, 4.69) is 15.5 Å². The molecular weight excluding hydrogens is 306 g/mol. The molecule has 1 aromatic carbocycles. The maximum Gasteiger partial charge on any atom is 0.408 e. The van der Waals surface area contributed by atoms with E-state index in [1.54, 1.807) is 32.9 Å². The summed E-state index contributed by atoms with van der Waals surface area (Å²) in [6.45, 7) is 6.79. The molecule has 134 valence electrons. The number of nitrogens with one attached hydrogen (secondary N) is 2. The SMILES string of the molecule is CN(C)CCCNC(=O)[C@@H](NC(=O)OC(C)(C)C)c1ccccc1.